The molecule has 1 spiro atoms. The smallest absolute Gasteiger partial charge is 0.169 e. The van der Waals surface area contributed by atoms with Crippen LogP contribution in [0.4, 0.5) is 0 Å². The summed E-state index contributed by atoms with van der Waals surface area (Å²) in [5.74, 6) is -0.504. The molecule has 0 radical (unpaired) electrons. The van der Waals surface area contributed by atoms with E-state index in [1.807, 2.05) is 20.8 Å². The van der Waals surface area contributed by atoms with E-state index >= 15 is 0 Å². The lowest BCUT2D eigenvalue weighted by atomic mass is 9.94. The van der Waals surface area contributed by atoms with Gasteiger partial charge in [-0.1, -0.05) is 26.3 Å². The quantitative estimate of drug-likeness (QED) is 0.762. The normalized spacial score (nSPS) is 34.5. The summed E-state index contributed by atoms with van der Waals surface area (Å²) >= 11 is 0. The molecule has 23 heavy (non-hydrogen) atoms. The van der Waals surface area contributed by atoms with Gasteiger partial charge in [0.2, 0.25) is 0 Å². The minimum Gasteiger partial charge on any atom is -0.396 e. The topological polar surface area (TPSA) is 68.2 Å². The van der Waals surface area contributed by atoms with E-state index in [2.05, 4.69) is 6.58 Å². The van der Waals surface area contributed by atoms with Crippen molar-refractivity contribution in [1.29, 1.82) is 0 Å². The largest absolute Gasteiger partial charge is 0.396 e. The van der Waals surface area contributed by atoms with Crippen LogP contribution in [0.15, 0.2) is 12.7 Å². The van der Waals surface area contributed by atoms with E-state index in [0.717, 1.165) is 25.7 Å². The number of hydrogen-bond donors (Lipinski definition) is 2. The highest BCUT2D eigenvalue weighted by molar-refractivity contribution is 4.97. The second kappa shape index (κ2) is 10.4. The average Bonchev–Trinajstić information content (AvgIpc) is 2.94. The molecule has 2 unspecified atom stereocenters. The predicted octanol–water partition coefficient (Wildman–Crippen LogP) is 2.79. The number of rotatable bonds is 2. The standard InChI is InChI=1S/C13H22O5.C3H6.C2H6/c14-7-4-10-12-11(9(15)8-16-10)17-13(18-12)5-2-1-3-6-13;1-3-2;1-2/h9-12,14-15H,1-8H2;3H,1H2,2H3;1-2H3/t9-,10?,11?,12+;;/m0../s1. The van der Waals surface area contributed by atoms with Crippen molar-refractivity contribution in [3.05, 3.63) is 12.7 Å². The zero-order valence-electron chi connectivity index (χ0n) is 14.9. The van der Waals surface area contributed by atoms with Gasteiger partial charge >= 0.3 is 0 Å². The minimum atomic E-state index is -0.619. The first-order valence-electron chi connectivity index (χ1n) is 8.99. The third-order valence-corrected chi connectivity index (χ3v) is 4.28. The first-order valence-corrected chi connectivity index (χ1v) is 8.99. The Kier molecular flexibility index (Phi) is 9.32. The number of allylic oxidation sites excluding steroid dienone is 1. The van der Waals surface area contributed by atoms with E-state index in [1.165, 1.54) is 6.42 Å². The minimum absolute atomic E-state index is 0.0698. The Bertz CT molecular complexity index is 327. The van der Waals surface area contributed by atoms with Crippen molar-refractivity contribution in [1.82, 2.24) is 0 Å². The molecular weight excluding hydrogens is 296 g/mol. The molecule has 5 nitrogen and oxygen atoms in total. The molecule has 136 valence electrons. The Morgan fingerprint density at radius 1 is 1.13 bits per heavy atom. The maximum Gasteiger partial charge on any atom is 0.169 e. The van der Waals surface area contributed by atoms with Crippen molar-refractivity contribution < 1.29 is 24.4 Å². The lowest BCUT2D eigenvalue weighted by Gasteiger charge is -2.34. The van der Waals surface area contributed by atoms with Crippen LogP contribution in [0.2, 0.25) is 0 Å². The zero-order chi connectivity index (χ0) is 17.3. The van der Waals surface area contributed by atoms with E-state index in [1.54, 1.807) is 6.08 Å². The molecule has 2 heterocycles. The van der Waals surface area contributed by atoms with E-state index in [4.69, 9.17) is 19.3 Å². The van der Waals surface area contributed by atoms with E-state index in [-0.39, 0.29) is 31.5 Å². The first kappa shape index (κ1) is 20.6. The van der Waals surface area contributed by atoms with Crippen LogP contribution in [-0.4, -0.2) is 53.6 Å². The molecule has 2 saturated heterocycles. The molecule has 0 amide bonds. The van der Waals surface area contributed by atoms with Gasteiger partial charge in [0.1, 0.15) is 18.3 Å². The molecule has 3 aliphatic rings. The summed E-state index contributed by atoms with van der Waals surface area (Å²) in [6.45, 7) is 9.59. The summed E-state index contributed by atoms with van der Waals surface area (Å²) < 4.78 is 17.7. The molecule has 2 aliphatic heterocycles. The number of fused-ring (bicyclic) bond motifs is 1. The van der Waals surface area contributed by atoms with E-state index in [0.29, 0.717) is 6.42 Å². The van der Waals surface area contributed by atoms with Gasteiger partial charge < -0.3 is 24.4 Å². The van der Waals surface area contributed by atoms with Crippen molar-refractivity contribution in [3.63, 3.8) is 0 Å². The number of hydrogen-bond acceptors (Lipinski definition) is 5. The highest BCUT2D eigenvalue weighted by Gasteiger charge is 2.54. The van der Waals surface area contributed by atoms with Gasteiger partial charge in [0.15, 0.2) is 5.79 Å². The van der Waals surface area contributed by atoms with Crippen LogP contribution in [0, 0.1) is 0 Å². The Morgan fingerprint density at radius 2 is 1.70 bits per heavy atom. The third kappa shape index (κ3) is 5.26. The fraction of sp³-hybridized carbons (Fsp3) is 0.889. The molecule has 2 N–H and O–H groups in total. The molecule has 4 atom stereocenters. The fourth-order valence-electron chi connectivity index (χ4n) is 3.36. The van der Waals surface area contributed by atoms with Crippen molar-refractivity contribution >= 4 is 0 Å². The third-order valence-electron chi connectivity index (χ3n) is 4.28. The van der Waals surface area contributed by atoms with Gasteiger partial charge in [-0.15, -0.1) is 6.58 Å². The molecule has 1 saturated carbocycles. The van der Waals surface area contributed by atoms with Crippen LogP contribution in [0.1, 0.15) is 59.3 Å². The lowest BCUT2D eigenvalue weighted by molar-refractivity contribution is -0.200. The summed E-state index contributed by atoms with van der Waals surface area (Å²) in [5, 5.41) is 19.1. The Hall–Kier alpha value is -0.460. The van der Waals surface area contributed by atoms with Gasteiger partial charge in [0, 0.05) is 19.4 Å². The molecule has 5 heteroatoms. The fourth-order valence-corrected chi connectivity index (χ4v) is 3.36. The van der Waals surface area contributed by atoms with Gasteiger partial charge in [-0.3, -0.25) is 0 Å². The first-order chi connectivity index (χ1) is 11.2. The molecule has 0 aromatic heterocycles. The summed E-state index contributed by atoms with van der Waals surface area (Å²) in [4.78, 5) is 0. The van der Waals surface area contributed by atoms with E-state index in [9.17, 15) is 5.11 Å². The van der Waals surface area contributed by atoms with Gasteiger partial charge in [-0.05, 0) is 26.2 Å². The summed E-state index contributed by atoms with van der Waals surface area (Å²) in [6.07, 6.45) is 6.22. The number of ether oxygens (including phenoxy) is 3. The van der Waals surface area contributed by atoms with Gasteiger partial charge in [0.25, 0.3) is 0 Å². The molecule has 3 rings (SSSR count). The Balaban J connectivity index is 0.000000477. The SMILES string of the molecule is C=CC.CC.OCCC1OC[C@H](O)C2OC3(CCCCC3)O[C@H]12. The highest BCUT2D eigenvalue weighted by Crippen LogP contribution is 2.44. The molecule has 0 bridgehead atoms. The van der Waals surface area contributed by atoms with Gasteiger partial charge in [0.05, 0.1) is 12.7 Å². The zero-order valence-corrected chi connectivity index (χ0v) is 14.9. The molecule has 1 aliphatic carbocycles. The van der Waals surface area contributed by atoms with Crippen molar-refractivity contribution in [3.8, 4) is 0 Å². The van der Waals surface area contributed by atoms with Crippen LogP contribution >= 0.6 is 0 Å². The molecule has 0 aromatic carbocycles. The average molecular weight is 330 g/mol. The monoisotopic (exact) mass is 330 g/mol. The summed E-state index contributed by atoms with van der Waals surface area (Å²) in [7, 11) is 0. The maximum absolute atomic E-state index is 9.99. The van der Waals surface area contributed by atoms with Gasteiger partial charge in [-0.2, -0.15) is 0 Å². The van der Waals surface area contributed by atoms with E-state index < -0.39 is 11.9 Å². The lowest BCUT2D eigenvalue weighted by Crippen LogP contribution is -2.51. The van der Waals surface area contributed by atoms with Crippen LogP contribution in [0.3, 0.4) is 0 Å². The number of aliphatic hydroxyl groups is 2. The molecular formula is C18H34O5. The maximum atomic E-state index is 9.99. The van der Waals surface area contributed by atoms with Crippen molar-refractivity contribution in [2.24, 2.45) is 0 Å². The Morgan fingerprint density at radius 3 is 2.26 bits per heavy atom. The highest BCUT2D eigenvalue weighted by atomic mass is 16.8. The Labute approximate surface area is 140 Å². The van der Waals surface area contributed by atoms with Crippen molar-refractivity contribution in [2.45, 2.75) is 89.5 Å². The van der Waals surface area contributed by atoms with Crippen LogP contribution in [0.5, 0.6) is 0 Å². The predicted molar refractivity (Wildman–Crippen MR) is 90.2 cm³/mol. The van der Waals surface area contributed by atoms with Crippen LogP contribution in [-0.2, 0) is 14.2 Å². The molecule has 0 aromatic rings. The second-order valence-corrected chi connectivity index (χ2v) is 6.00. The summed E-state index contributed by atoms with van der Waals surface area (Å²) in [5.41, 5.74) is 0. The number of aliphatic hydroxyl groups excluding tert-OH is 2. The summed E-state index contributed by atoms with van der Waals surface area (Å²) in [6, 6.07) is 0. The van der Waals surface area contributed by atoms with Crippen LogP contribution in [0.25, 0.3) is 0 Å². The molecule has 3 fully saturated rings. The van der Waals surface area contributed by atoms with Crippen molar-refractivity contribution in [2.75, 3.05) is 13.2 Å². The van der Waals surface area contributed by atoms with Gasteiger partial charge in [-0.25, -0.2) is 0 Å². The second-order valence-electron chi connectivity index (χ2n) is 6.00. The van der Waals surface area contributed by atoms with Crippen LogP contribution < -0.4 is 0 Å².